The molecule has 0 aromatic heterocycles. The Bertz CT molecular complexity index is 701. The van der Waals surface area contributed by atoms with Gasteiger partial charge < -0.3 is 14.8 Å². The molecule has 1 N–H and O–H groups in total. The standard InChI is InChI=1S/C22H30N2O4.ClH/c25-20-13-22(9-3-4-10-22)14-21(26)24(20)12-6-5-11-23-15-17-16-27-18-7-1-2-8-19(18)28-17;/h1-2,7-8,17,23H,3-6,9-16H2;1H. The lowest BCUT2D eigenvalue weighted by Crippen LogP contribution is -2.47. The highest BCUT2D eigenvalue weighted by atomic mass is 35.5. The first-order valence-corrected chi connectivity index (χ1v) is 10.6. The van der Waals surface area contributed by atoms with E-state index >= 15 is 0 Å². The normalized spacial score (nSPS) is 22.6. The molecule has 2 fully saturated rings. The molecule has 1 unspecified atom stereocenters. The second kappa shape index (κ2) is 9.81. The van der Waals surface area contributed by atoms with Gasteiger partial charge in [0.2, 0.25) is 11.8 Å². The summed E-state index contributed by atoms with van der Waals surface area (Å²) >= 11 is 0. The minimum absolute atomic E-state index is 0. The number of fused-ring (bicyclic) bond motifs is 1. The van der Waals surface area contributed by atoms with E-state index in [0.717, 1.165) is 63.1 Å². The molecule has 3 aliphatic rings. The number of para-hydroxylation sites is 2. The molecule has 1 aromatic carbocycles. The number of piperidine rings is 1. The molecule has 0 bridgehead atoms. The highest BCUT2D eigenvalue weighted by Gasteiger charge is 2.44. The molecule has 1 aromatic rings. The third-order valence-corrected chi connectivity index (χ3v) is 6.24. The fraction of sp³-hybridized carbons (Fsp3) is 0.636. The number of unbranched alkanes of at least 4 members (excludes halogenated alkanes) is 1. The lowest BCUT2D eigenvalue weighted by atomic mass is 9.76. The SMILES string of the molecule is Cl.O=C1CC2(CCCC2)CC(=O)N1CCCCNCC1COc2ccccc2O1. The predicted molar refractivity (Wildman–Crippen MR) is 113 cm³/mol. The maximum Gasteiger partial charge on any atom is 0.229 e. The number of hydrogen-bond donors (Lipinski definition) is 1. The van der Waals surface area contributed by atoms with Gasteiger partial charge in [-0.1, -0.05) is 25.0 Å². The summed E-state index contributed by atoms with van der Waals surface area (Å²) in [6.07, 6.45) is 7.30. The van der Waals surface area contributed by atoms with Crippen LogP contribution in [0.4, 0.5) is 0 Å². The molecule has 1 atom stereocenters. The van der Waals surface area contributed by atoms with Crippen molar-refractivity contribution in [2.75, 3.05) is 26.2 Å². The first-order chi connectivity index (χ1) is 13.7. The van der Waals surface area contributed by atoms with Crippen molar-refractivity contribution < 1.29 is 19.1 Å². The van der Waals surface area contributed by atoms with Crippen molar-refractivity contribution in [3.63, 3.8) is 0 Å². The molecule has 2 aliphatic heterocycles. The van der Waals surface area contributed by atoms with Gasteiger partial charge >= 0.3 is 0 Å². The van der Waals surface area contributed by atoms with Crippen LogP contribution in [0.2, 0.25) is 0 Å². The monoisotopic (exact) mass is 422 g/mol. The Morgan fingerprint density at radius 3 is 2.45 bits per heavy atom. The summed E-state index contributed by atoms with van der Waals surface area (Å²) in [6.45, 7) is 2.65. The topological polar surface area (TPSA) is 67.9 Å². The van der Waals surface area contributed by atoms with Gasteiger partial charge in [0.25, 0.3) is 0 Å². The number of nitrogens with zero attached hydrogens (tertiary/aromatic N) is 1. The summed E-state index contributed by atoms with van der Waals surface area (Å²) < 4.78 is 11.6. The number of amides is 2. The number of hydrogen-bond acceptors (Lipinski definition) is 5. The second-order valence-corrected chi connectivity index (χ2v) is 8.41. The summed E-state index contributed by atoms with van der Waals surface area (Å²) in [7, 11) is 0. The maximum atomic E-state index is 12.5. The summed E-state index contributed by atoms with van der Waals surface area (Å²) in [5, 5.41) is 3.39. The molecule has 160 valence electrons. The number of ether oxygens (including phenoxy) is 2. The average molecular weight is 423 g/mol. The van der Waals surface area contributed by atoms with Gasteiger partial charge in [0.1, 0.15) is 12.7 Å². The van der Waals surface area contributed by atoms with Crippen LogP contribution in [0.3, 0.4) is 0 Å². The van der Waals surface area contributed by atoms with Crippen molar-refractivity contribution >= 4 is 24.2 Å². The van der Waals surface area contributed by atoms with Crippen LogP contribution in [-0.2, 0) is 9.59 Å². The van der Waals surface area contributed by atoms with Crippen LogP contribution in [0.25, 0.3) is 0 Å². The molecule has 29 heavy (non-hydrogen) atoms. The summed E-state index contributed by atoms with van der Waals surface area (Å²) in [4.78, 5) is 26.4. The van der Waals surface area contributed by atoms with Gasteiger partial charge in [-0.25, -0.2) is 0 Å². The Kier molecular flexibility index (Phi) is 7.41. The molecule has 7 heteroatoms. The Labute approximate surface area is 178 Å². The van der Waals surface area contributed by atoms with Crippen LogP contribution < -0.4 is 14.8 Å². The van der Waals surface area contributed by atoms with Crippen LogP contribution in [0.5, 0.6) is 11.5 Å². The van der Waals surface area contributed by atoms with E-state index in [-0.39, 0.29) is 35.7 Å². The number of benzene rings is 1. The predicted octanol–water partition coefficient (Wildman–Crippen LogP) is 3.33. The number of halogens is 1. The quantitative estimate of drug-likeness (QED) is 0.539. The fourth-order valence-electron chi connectivity index (χ4n) is 4.71. The van der Waals surface area contributed by atoms with Gasteiger partial charge in [-0.15, -0.1) is 12.4 Å². The molecule has 1 spiro atoms. The zero-order valence-electron chi connectivity index (χ0n) is 16.9. The largest absolute Gasteiger partial charge is 0.486 e. The first-order valence-electron chi connectivity index (χ1n) is 10.6. The van der Waals surface area contributed by atoms with Crippen molar-refractivity contribution in [2.45, 2.75) is 57.5 Å². The summed E-state index contributed by atoms with van der Waals surface area (Å²) in [5.41, 5.74) is -0.00704. The smallest absolute Gasteiger partial charge is 0.229 e. The summed E-state index contributed by atoms with van der Waals surface area (Å²) in [5.74, 6) is 1.67. The third kappa shape index (κ3) is 5.23. The van der Waals surface area contributed by atoms with Crippen LogP contribution >= 0.6 is 12.4 Å². The van der Waals surface area contributed by atoms with Crippen molar-refractivity contribution in [1.82, 2.24) is 10.2 Å². The van der Waals surface area contributed by atoms with Gasteiger partial charge in [0, 0.05) is 25.9 Å². The molecule has 0 radical (unpaired) electrons. The maximum absolute atomic E-state index is 12.5. The Balaban J connectivity index is 0.00000240. The molecule has 4 rings (SSSR count). The van der Waals surface area contributed by atoms with E-state index in [1.54, 1.807) is 0 Å². The van der Waals surface area contributed by atoms with E-state index < -0.39 is 0 Å². The van der Waals surface area contributed by atoms with E-state index in [2.05, 4.69) is 5.32 Å². The molecular formula is C22H31ClN2O4. The van der Waals surface area contributed by atoms with Gasteiger partial charge in [-0.3, -0.25) is 14.5 Å². The molecule has 2 amide bonds. The number of carbonyl (C=O) groups is 2. The van der Waals surface area contributed by atoms with Gasteiger partial charge in [-0.05, 0) is 49.8 Å². The molecule has 1 aliphatic carbocycles. The lowest BCUT2D eigenvalue weighted by molar-refractivity contribution is -0.153. The lowest BCUT2D eigenvalue weighted by Gasteiger charge is -2.37. The number of likely N-dealkylation sites (tertiary alicyclic amines) is 1. The van der Waals surface area contributed by atoms with Crippen molar-refractivity contribution in [1.29, 1.82) is 0 Å². The average Bonchev–Trinajstić information content (AvgIpc) is 3.13. The Morgan fingerprint density at radius 2 is 1.72 bits per heavy atom. The highest BCUT2D eigenvalue weighted by molar-refractivity contribution is 5.98. The Morgan fingerprint density at radius 1 is 1.03 bits per heavy atom. The zero-order valence-corrected chi connectivity index (χ0v) is 17.7. The number of rotatable bonds is 7. The zero-order chi connectivity index (χ0) is 19.4. The van der Waals surface area contributed by atoms with Crippen molar-refractivity contribution in [2.24, 2.45) is 5.41 Å². The van der Waals surface area contributed by atoms with Crippen LogP contribution in [-0.4, -0.2) is 49.1 Å². The van der Waals surface area contributed by atoms with E-state index in [1.807, 2.05) is 24.3 Å². The molecule has 6 nitrogen and oxygen atoms in total. The molecule has 1 saturated carbocycles. The molecule has 1 saturated heterocycles. The van der Waals surface area contributed by atoms with E-state index in [1.165, 1.54) is 4.90 Å². The number of carbonyl (C=O) groups excluding carboxylic acids is 2. The van der Waals surface area contributed by atoms with E-state index in [0.29, 0.717) is 26.0 Å². The minimum Gasteiger partial charge on any atom is -0.486 e. The Hall–Kier alpha value is -1.79. The first kappa shape index (κ1) is 21.9. The number of nitrogens with one attached hydrogen (secondary N) is 1. The van der Waals surface area contributed by atoms with Crippen molar-refractivity contribution in [3.8, 4) is 11.5 Å². The third-order valence-electron chi connectivity index (χ3n) is 6.24. The number of imide groups is 1. The molecular weight excluding hydrogens is 392 g/mol. The van der Waals surface area contributed by atoms with Crippen LogP contribution in [0, 0.1) is 5.41 Å². The highest BCUT2D eigenvalue weighted by Crippen LogP contribution is 2.46. The summed E-state index contributed by atoms with van der Waals surface area (Å²) in [6, 6.07) is 7.71. The van der Waals surface area contributed by atoms with Crippen molar-refractivity contribution in [3.05, 3.63) is 24.3 Å². The van der Waals surface area contributed by atoms with Gasteiger partial charge in [0.05, 0.1) is 0 Å². The minimum atomic E-state index is -0.00704. The van der Waals surface area contributed by atoms with E-state index in [4.69, 9.17) is 9.47 Å². The fourth-order valence-corrected chi connectivity index (χ4v) is 4.71. The van der Waals surface area contributed by atoms with Crippen LogP contribution in [0.15, 0.2) is 24.3 Å². The second-order valence-electron chi connectivity index (χ2n) is 8.41. The van der Waals surface area contributed by atoms with E-state index in [9.17, 15) is 9.59 Å². The molecule has 2 heterocycles. The van der Waals surface area contributed by atoms with Crippen LogP contribution in [0.1, 0.15) is 51.4 Å². The van der Waals surface area contributed by atoms with Gasteiger partial charge in [0.15, 0.2) is 11.5 Å². The van der Waals surface area contributed by atoms with Gasteiger partial charge in [-0.2, -0.15) is 0 Å².